The predicted octanol–water partition coefficient (Wildman–Crippen LogP) is 2.52. The topological polar surface area (TPSA) is 85.8 Å². The van der Waals surface area contributed by atoms with Gasteiger partial charge in [-0.15, -0.1) is 0 Å². The van der Waals surface area contributed by atoms with E-state index in [-0.39, 0.29) is 5.91 Å². The highest BCUT2D eigenvalue weighted by molar-refractivity contribution is 5.91. The molecule has 0 spiro atoms. The van der Waals surface area contributed by atoms with Crippen molar-refractivity contribution in [3.63, 3.8) is 0 Å². The average molecular weight is 333 g/mol. The first-order chi connectivity index (χ1) is 12.3. The number of furan rings is 1. The van der Waals surface area contributed by atoms with Gasteiger partial charge in [0.25, 0.3) is 5.91 Å². The molecule has 4 heterocycles. The molecule has 0 saturated heterocycles. The number of nitrogens with one attached hydrogen (secondary N) is 1. The number of nitrogens with zero attached hydrogens (tertiary/aromatic N) is 4. The van der Waals surface area contributed by atoms with E-state index in [4.69, 9.17) is 4.42 Å². The minimum Gasteiger partial charge on any atom is -0.459 e. The lowest BCUT2D eigenvalue weighted by Gasteiger charge is -2.09. The Labute approximate surface area is 143 Å². The third kappa shape index (κ3) is 2.99. The Morgan fingerprint density at radius 3 is 2.80 bits per heavy atom. The Hall–Kier alpha value is -3.48. The van der Waals surface area contributed by atoms with Crippen molar-refractivity contribution in [2.24, 2.45) is 0 Å². The van der Waals surface area contributed by atoms with Gasteiger partial charge < -0.3 is 14.3 Å². The van der Waals surface area contributed by atoms with Crippen LogP contribution in [0.2, 0.25) is 0 Å². The summed E-state index contributed by atoms with van der Waals surface area (Å²) >= 11 is 0. The van der Waals surface area contributed by atoms with Crippen LogP contribution in [0.15, 0.2) is 65.7 Å². The molecule has 25 heavy (non-hydrogen) atoms. The van der Waals surface area contributed by atoms with E-state index in [2.05, 4.69) is 20.3 Å². The Balaban J connectivity index is 1.60. The van der Waals surface area contributed by atoms with Crippen LogP contribution in [0.5, 0.6) is 0 Å². The van der Waals surface area contributed by atoms with Crippen molar-refractivity contribution in [1.82, 2.24) is 24.8 Å². The number of aromatic nitrogens is 4. The van der Waals surface area contributed by atoms with Gasteiger partial charge in [-0.1, -0.05) is 0 Å². The van der Waals surface area contributed by atoms with Crippen molar-refractivity contribution in [1.29, 1.82) is 0 Å². The normalized spacial score (nSPS) is 10.9. The smallest absolute Gasteiger partial charge is 0.287 e. The van der Waals surface area contributed by atoms with E-state index in [1.165, 1.54) is 6.26 Å². The molecule has 124 valence electrons. The zero-order valence-electron chi connectivity index (χ0n) is 13.3. The van der Waals surface area contributed by atoms with E-state index in [9.17, 15) is 4.79 Å². The van der Waals surface area contributed by atoms with E-state index < -0.39 is 0 Å². The highest BCUT2D eigenvalue weighted by Gasteiger charge is 2.14. The molecule has 7 nitrogen and oxygen atoms in total. The average Bonchev–Trinajstić information content (AvgIpc) is 3.31. The zero-order chi connectivity index (χ0) is 17.1. The van der Waals surface area contributed by atoms with Crippen molar-refractivity contribution >= 4 is 17.1 Å². The minimum atomic E-state index is -0.243. The lowest BCUT2D eigenvalue weighted by Crippen LogP contribution is -2.27. The van der Waals surface area contributed by atoms with E-state index in [0.717, 1.165) is 22.6 Å². The highest BCUT2D eigenvalue weighted by Crippen LogP contribution is 2.22. The summed E-state index contributed by atoms with van der Waals surface area (Å²) < 4.78 is 7.09. The fourth-order valence-electron chi connectivity index (χ4n) is 2.67. The molecule has 0 aliphatic carbocycles. The van der Waals surface area contributed by atoms with Gasteiger partial charge in [0.05, 0.1) is 6.26 Å². The third-order valence-corrected chi connectivity index (χ3v) is 3.81. The summed E-state index contributed by atoms with van der Waals surface area (Å²) in [4.78, 5) is 25.1. The maximum atomic E-state index is 12.0. The van der Waals surface area contributed by atoms with Crippen LogP contribution in [0.3, 0.4) is 0 Å². The van der Waals surface area contributed by atoms with Gasteiger partial charge in [-0.05, 0) is 36.4 Å². The highest BCUT2D eigenvalue weighted by atomic mass is 16.3. The molecule has 4 aromatic heterocycles. The van der Waals surface area contributed by atoms with Crippen molar-refractivity contribution in [2.75, 3.05) is 6.54 Å². The third-order valence-electron chi connectivity index (χ3n) is 3.81. The monoisotopic (exact) mass is 333 g/mol. The number of amides is 1. The van der Waals surface area contributed by atoms with E-state index in [1.807, 2.05) is 28.8 Å². The molecule has 0 unspecified atom stereocenters. The van der Waals surface area contributed by atoms with Crippen LogP contribution in [0.4, 0.5) is 0 Å². The second-order valence-electron chi connectivity index (χ2n) is 5.40. The van der Waals surface area contributed by atoms with Crippen LogP contribution in [0, 0.1) is 0 Å². The molecular weight excluding hydrogens is 318 g/mol. The second-order valence-corrected chi connectivity index (χ2v) is 5.40. The number of carbonyl (C=O) groups excluding carboxylic acids is 1. The molecule has 4 rings (SSSR count). The first kappa shape index (κ1) is 15.1. The summed E-state index contributed by atoms with van der Waals surface area (Å²) in [7, 11) is 0. The number of pyridine rings is 2. The Morgan fingerprint density at radius 2 is 2.00 bits per heavy atom. The SMILES string of the molecule is O=C(NCCn1c(-c2ccncc2)nc2cccnc21)c1ccco1. The molecule has 0 aliphatic rings. The van der Waals surface area contributed by atoms with Crippen molar-refractivity contribution in [3.8, 4) is 11.4 Å². The molecule has 0 fully saturated rings. The van der Waals surface area contributed by atoms with Crippen molar-refractivity contribution < 1.29 is 9.21 Å². The quantitative estimate of drug-likeness (QED) is 0.606. The van der Waals surface area contributed by atoms with Gasteiger partial charge in [0.1, 0.15) is 11.3 Å². The molecule has 0 bridgehead atoms. The van der Waals surface area contributed by atoms with Crippen LogP contribution in [-0.2, 0) is 6.54 Å². The van der Waals surface area contributed by atoms with Gasteiger partial charge in [-0.25, -0.2) is 9.97 Å². The summed E-state index contributed by atoms with van der Waals surface area (Å²) in [6, 6.07) is 10.9. The number of hydrogen-bond acceptors (Lipinski definition) is 5. The predicted molar refractivity (Wildman–Crippen MR) is 91.8 cm³/mol. The van der Waals surface area contributed by atoms with Gasteiger partial charge in [-0.3, -0.25) is 9.78 Å². The summed E-state index contributed by atoms with van der Waals surface area (Å²) in [5.74, 6) is 0.846. The van der Waals surface area contributed by atoms with Gasteiger partial charge in [0.15, 0.2) is 11.4 Å². The first-order valence-electron chi connectivity index (χ1n) is 7.86. The van der Waals surface area contributed by atoms with E-state index in [0.29, 0.717) is 18.8 Å². The van der Waals surface area contributed by atoms with Crippen LogP contribution < -0.4 is 5.32 Å². The molecule has 0 aromatic carbocycles. The van der Waals surface area contributed by atoms with E-state index in [1.54, 1.807) is 30.7 Å². The molecular formula is C18H15N5O2. The van der Waals surface area contributed by atoms with Gasteiger partial charge >= 0.3 is 0 Å². The number of imidazole rings is 1. The fourth-order valence-corrected chi connectivity index (χ4v) is 2.67. The largest absolute Gasteiger partial charge is 0.459 e. The molecule has 1 amide bonds. The van der Waals surface area contributed by atoms with Gasteiger partial charge in [-0.2, -0.15) is 0 Å². The van der Waals surface area contributed by atoms with Crippen molar-refractivity contribution in [3.05, 3.63) is 67.0 Å². The Bertz CT molecular complexity index is 993. The van der Waals surface area contributed by atoms with E-state index >= 15 is 0 Å². The lowest BCUT2D eigenvalue weighted by molar-refractivity contribution is 0.0924. The second kappa shape index (κ2) is 6.56. The molecule has 1 N–H and O–H groups in total. The molecule has 0 radical (unpaired) electrons. The Morgan fingerprint density at radius 1 is 1.12 bits per heavy atom. The minimum absolute atomic E-state index is 0.243. The fraction of sp³-hybridized carbons (Fsp3) is 0.111. The lowest BCUT2D eigenvalue weighted by atomic mass is 10.2. The first-order valence-corrected chi connectivity index (χ1v) is 7.86. The number of carbonyl (C=O) groups is 1. The number of fused-ring (bicyclic) bond motifs is 1. The zero-order valence-corrected chi connectivity index (χ0v) is 13.3. The maximum Gasteiger partial charge on any atom is 0.287 e. The standard InChI is InChI=1S/C18H15N5O2/c24-18(15-4-2-12-25-15)21-10-11-23-16(13-5-8-19-9-6-13)22-14-3-1-7-20-17(14)23/h1-9,12H,10-11H2,(H,21,24). The van der Waals surface area contributed by atoms with Gasteiger partial charge in [0.2, 0.25) is 0 Å². The Kier molecular flexibility index (Phi) is 3.96. The molecule has 0 aliphatic heterocycles. The number of rotatable bonds is 5. The van der Waals surface area contributed by atoms with Crippen molar-refractivity contribution in [2.45, 2.75) is 6.54 Å². The number of hydrogen-bond donors (Lipinski definition) is 1. The van der Waals surface area contributed by atoms with Gasteiger partial charge in [0, 0.05) is 37.2 Å². The molecule has 7 heteroatoms. The maximum absolute atomic E-state index is 12.0. The molecule has 0 atom stereocenters. The summed E-state index contributed by atoms with van der Waals surface area (Å²) in [5, 5.41) is 2.85. The van der Waals surface area contributed by atoms with Crippen LogP contribution >= 0.6 is 0 Å². The van der Waals surface area contributed by atoms with Crippen LogP contribution in [-0.4, -0.2) is 32.0 Å². The van der Waals surface area contributed by atoms with Crippen LogP contribution in [0.1, 0.15) is 10.6 Å². The summed E-state index contributed by atoms with van der Waals surface area (Å²) in [6.45, 7) is 0.970. The van der Waals surface area contributed by atoms with Crippen LogP contribution in [0.25, 0.3) is 22.6 Å². The summed E-state index contributed by atoms with van der Waals surface area (Å²) in [6.07, 6.45) is 6.66. The molecule has 4 aromatic rings. The summed E-state index contributed by atoms with van der Waals surface area (Å²) in [5.41, 5.74) is 2.54. The molecule has 0 saturated carbocycles.